The Labute approximate surface area is 192 Å². The van der Waals surface area contributed by atoms with E-state index in [0.29, 0.717) is 40.8 Å². The molecule has 2 aromatic carbocycles. The Morgan fingerprint density at radius 1 is 1.12 bits per heavy atom. The molecule has 0 saturated carbocycles. The molecule has 0 radical (unpaired) electrons. The molecule has 4 aromatic rings. The number of aromatic nitrogens is 4. The monoisotopic (exact) mass is 440 g/mol. The fraction of sp³-hybridized carbons (Fsp3) is 0.200. The average molecular weight is 441 g/mol. The van der Waals surface area contributed by atoms with Crippen LogP contribution in [0.3, 0.4) is 0 Å². The lowest BCUT2D eigenvalue weighted by Crippen LogP contribution is -2.19. The molecule has 0 aliphatic heterocycles. The maximum atomic E-state index is 10.4. The topological polar surface area (TPSA) is 100 Å². The van der Waals surface area contributed by atoms with Crippen molar-refractivity contribution in [1.29, 1.82) is 5.26 Å². The molecule has 2 heterocycles. The quantitative estimate of drug-likeness (QED) is 0.465. The number of benzene rings is 2. The second kappa shape index (κ2) is 9.61. The van der Waals surface area contributed by atoms with Crippen molar-refractivity contribution in [3.8, 4) is 34.6 Å². The first-order chi connectivity index (χ1) is 15.9. The zero-order chi connectivity index (χ0) is 23.4. The average Bonchev–Trinajstić information content (AvgIpc) is 3.29. The van der Waals surface area contributed by atoms with E-state index in [1.165, 1.54) is 0 Å². The summed E-state index contributed by atoms with van der Waals surface area (Å²) in [6.45, 7) is 2.28. The molecule has 0 bridgehead atoms. The molecule has 33 heavy (non-hydrogen) atoms. The largest absolute Gasteiger partial charge is 0.437 e. The molecule has 8 nitrogen and oxygen atoms in total. The summed E-state index contributed by atoms with van der Waals surface area (Å²) in [4.78, 5) is 10.8. The zero-order valence-corrected chi connectivity index (χ0v) is 18.7. The highest BCUT2D eigenvalue weighted by atomic mass is 16.5. The van der Waals surface area contributed by atoms with Crippen molar-refractivity contribution < 1.29 is 9.84 Å². The van der Waals surface area contributed by atoms with E-state index in [4.69, 9.17) is 4.74 Å². The first kappa shape index (κ1) is 22.1. The standard InChI is InChI=1S/C25H24N6O2/c1-17-28-21(19-7-5-4-6-8-19)12-25(29-17)33-24-11-18(13-26)9-10-22(24)31-15-20(14-27-31)23(32)16-30(2)3/h4-12,14-15,23,32H,16H2,1-3H3. The van der Waals surface area contributed by atoms with Crippen LogP contribution < -0.4 is 4.74 Å². The van der Waals surface area contributed by atoms with Crippen LogP contribution in [-0.4, -0.2) is 50.4 Å². The van der Waals surface area contributed by atoms with Crippen LogP contribution in [0.4, 0.5) is 0 Å². The smallest absolute Gasteiger partial charge is 0.223 e. The maximum Gasteiger partial charge on any atom is 0.223 e. The van der Waals surface area contributed by atoms with Gasteiger partial charge in [-0.25, -0.2) is 9.67 Å². The number of hydrogen-bond acceptors (Lipinski definition) is 7. The molecule has 1 unspecified atom stereocenters. The second-order valence-corrected chi connectivity index (χ2v) is 7.90. The summed E-state index contributed by atoms with van der Waals surface area (Å²) >= 11 is 0. The Hall–Kier alpha value is -4.06. The van der Waals surface area contributed by atoms with Crippen molar-refractivity contribution >= 4 is 0 Å². The molecule has 166 valence electrons. The lowest BCUT2D eigenvalue weighted by Gasteiger charge is -2.14. The van der Waals surface area contributed by atoms with Gasteiger partial charge in [-0.3, -0.25) is 0 Å². The number of nitriles is 1. The number of aliphatic hydroxyl groups is 1. The van der Waals surface area contributed by atoms with Gasteiger partial charge in [0.25, 0.3) is 0 Å². The number of rotatable bonds is 7. The van der Waals surface area contributed by atoms with Crippen LogP contribution in [0.5, 0.6) is 11.6 Å². The van der Waals surface area contributed by atoms with Gasteiger partial charge < -0.3 is 14.7 Å². The molecule has 0 saturated heterocycles. The molecule has 0 spiro atoms. The molecule has 2 aromatic heterocycles. The van der Waals surface area contributed by atoms with Gasteiger partial charge in [0.05, 0.1) is 29.6 Å². The number of hydrogen-bond donors (Lipinski definition) is 1. The molecule has 0 amide bonds. The first-order valence-corrected chi connectivity index (χ1v) is 10.4. The fourth-order valence-electron chi connectivity index (χ4n) is 3.41. The Kier molecular flexibility index (Phi) is 6.45. The van der Waals surface area contributed by atoms with E-state index in [-0.39, 0.29) is 0 Å². The minimum absolute atomic E-state index is 0.359. The zero-order valence-electron chi connectivity index (χ0n) is 18.7. The Morgan fingerprint density at radius 2 is 1.91 bits per heavy atom. The van der Waals surface area contributed by atoms with E-state index in [1.807, 2.05) is 49.3 Å². The van der Waals surface area contributed by atoms with Crippen LogP contribution in [0, 0.1) is 18.3 Å². The summed E-state index contributed by atoms with van der Waals surface area (Å²) in [6, 6.07) is 18.8. The SMILES string of the molecule is Cc1nc(Oc2cc(C#N)ccc2-n2cc(C(O)CN(C)C)cn2)cc(-c2ccccc2)n1. The summed E-state index contributed by atoms with van der Waals surface area (Å²) in [5.74, 6) is 1.35. The van der Waals surface area contributed by atoms with E-state index >= 15 is 0 Å². The van der Waals surface area contributed by atoms with Gasteiger partial charge in [0.1, 0.15) is 11.5 Å². The molecule has 4 rings (SSSR count). The second-order valence-electron chi connectivity index (χ2n) is 7.90. The van der Waals surface area contributed by atoms with E-state index in [2.05, 4.69) is 21.1 Å². The van der Waals surface area contributed by atoms with Crippen LogP contribution in [0.2, 0.25) is 0 Å². The van der Waals surface area contributed by atoms with E-state index in [0.717, 1.165) is 11.3 Å². The van der Waals surface area contributed by atoms with Crippen LogP contribution in [0.15, 0.2) is 67.0 Å². The van der Waals surface area contributed by atoms with Crippen LogP contribution >= 0.6 is 0 Å². The minimum atomic E-state index is -0.672. The number of aliphatic hydroxyl groups excluding tert-OH is 1. The first-order valence-electron chi connectivity index (χ1n) is 10.4. The summed E-state index contributed by atoms with van der Waals surface area (Å²) in [7, 11) is 3.79. The normalized spacial score (nSPS) is 11.9. The van der Waals surface area contributed by atoms with Gasteiger partial charge in [0, 0.05) is 36.0 Å². The number of nitrogens with zero attached hydrogens (tertiary/aromatic N) is 6. The van der Waals surface area contributed by atoms with E-state index in [9.17, 15) is 10.4 Å². The third-order valence-electron chi connectivity index (χ3n) is 4.96. The van der Waals surface area contributed by atoms with Gasteiger partial charge in [-0.15, -0.1) is 0 Å². The molecule has 0 aliphatic carbocycles. The van der Waals surface area contributed by atoms with Gasteiger partial charge in [-0.2, -0.15) is 15.3 Å². The summed E-state index contributed by atoms with van der Waals surface area (Å²) in [6.07, 6.45) is 2.70. The van der Waals surface area contributed by atoms with Gasteiger partial charge in [-0.1, -0.05) is 30.3 Å². The number of aryl methyl sites for hydroxylation is 1. The van der Waals surface area contributed by atoms with Crippen molar-refractivity contribution in [3.05, 3.63) is 83.9 Å². The van der Waals surface area contributed by atoms with Crippen molar-refractivity contribution in [3.63, 3.8) is 0 Å². The Bertz CT molecular complexity index is 1290. The summed E-state index contributed by atoms with van der Waals surface area (Å²) < 4.78 is 7.77. The van der Waals surface area contributed by atoms with E-state index in [1.54, 1.807) is 48.3 Å². The molecule has 8 heteroatoms. The van der Waals surface area contributed by atoms with Gasteiger partial charge in [0.2, 0.25) is 5.88 Å². The Morgan fingerprint density at radius 3 is 2.64 bits per heavy atom. The predicted octanol–water partition coefficient (Wildman–Crippen LogP) is 3.90. The third-order valence-corrected chi connectivity index (χ3v) is 4.96. The van der Waals surface area contributed by atoms with Crippen LogP contribution in [0.25, 0.3) is 16.9 Å². The van der Waals surface area contributed by atoms with Crippen LogP contribution in [-0.2, 0) is 0 Å². The minimum Gasteiger partial charge on any atom is -0.437 e. The van der Waals surface area contributed by atoms with Gasteiger partial charge in [-0.05, 0) is 33.2 Å². The van der Waals surface area contributed by atoms with Crippen molar-refractivity contribution in [1.82, 2.24) is 24.6 Å². The van der Waals surface area contributed by atoms with Crippen molar-refractivity contribution in [2.24, 2.45) is 0 Å². The van der Waals surface area contributed by atoms with Gasteiger partial charge >= 0.3 is 0 Å². The molecular formula is C25H24N6O2. The number of ether oxygens (including phenoxy) is 1. The molecule has 1 atom stereocenters. The molecule has 1 N–H and O–H groups in total. The summed E-state index contributed by atoms with van der Waals surface area (Å²) in [5, 5.41) is 24.2. The highest BCUT2D eigenvalue weighted by Gasteiger charge is 2.16. The maximum absolute atomic E-state index is 10.4. The molecule has 0 aliphatic rings. The lowest BCUT2D eigenvalue weighted by atomic mass is 10.1. The number of likely N-dealkylation sites (N-methyl/N-ethyl adjacent to an activating group) is 1. The third kappa shape index (κ3) is 5.23. The lowest BCUT2D eigenvalue weighted by molar-refractivity contribution is 0.138. The fourth-order valence-corrected chi connectivity index (χ4v) is 3.41. The van der Waals surface area contributed by atoms with E-state index < -0.39 is 6.10 Å². The van der Waals surface area contributed by atoms with Crippen LogP contribution in [0.1, 0.15) is 23.1 Å². The van der Waals surface area contributed by atoms with Crippen molar-refractivity contribution in [2.45, 2.75) is 13.0 Å². The molecular weight excluding hydrogens is 416 g/mol. The summed E-state index contributed by atoms with van der Waals surface area (Å²) in [5.41, 5.74) is 3.44. The Balaban J connectivity index is 1.70. The van der Waals surface area contributed by atoms with Gasteiger partial charge in [0.15, 0.2) is 5.75 Å². The molecule has 0 fully saturated rings. The van der Waals surface area contributed by atoms with Crippen molar-refractivity contribution in [2.75, 3.05) is 20.6 Å². The highest BCUT2D eigenvalue weighted by molar-refractivity contribution is 5.60. The predicted molar refractivity (Wildman–Crippen MR) is 124 cm³/mol. The highest BCUT2D eigenvalue weighted by Crippen LogP contribution is 2.31.